The van der Waals surface area contributed by atoms with Crippen molar-refractivity contribution in [1.82, 2.24) is 9.80 Å². The van der Waals surface area contributed by atoms with E-state index in [0.29, 0.717) is 29.9 Å². The predicted octanol–water partition coefficient (Wildman–Crippen LogP) is 5.32. The third kappa shape index (κ3) is 4.17. The van der Waals surface area contributed by atoms with E-state index in [2.05, 4.69) is 70.5 Å². The fraction of sp³-hybridized carbons (Fsp3) is 0.357. The summed E-state index contributed by atoms with van der Waals surface area (Å²) in [5.41, 5.74) is 3.36. The maximum Gasteiger partial charge on any atom is 0.131 e. The number of hydrogen-bond donors (Lipinski definition) is 0. The number of nitrogens with zero attached hydrogens (tertiary/aromatic N) is 2. The molecule has 2 atom stereocenters. The van der Waals surface area contributed by atoms with Crippen LogP contribution in [0.25, 0.3) is 0 Å². The van der Waals surface area contributed by atoms with Gasteiger partial charge in [0.15, 0.2) is 0 Å². The minimum absolute atomic E-state index is 0.183. The summed E-state index contributed by atoms with van der Waals surface area (Å²) < 4.78 is 20.2. The van der Waals surface area contributed by atoms with Crippen LogP contribution in [-0.4, -0.2) is 48.6 Å². The molecule has 166 valence electrons. The van der Waals surface area contributed by atoms with Crippen LogP contribution in [-0.2, 0) is 6.54 Å². The lowest BCUT2D eigenvalue weighted by Gasteiger charge is -2.47. The fourth-order valence-corrected chi connectivity index (χ4v) is 5.72. The van der Waals surface area contributed by atoms with Crippen LogP contribution in [0.3, 0.4) is 0 Å². The minimum Gasteiger partial charge on any atom is -0.496 e. The third-order valence-corrected chi connectivity index (χ3v) is 7.14. The molecule has 2 saturated heterocycles. The van der Waals surface area contributed by atoms with Gasteiger partial charge < -0.3 is 4.74 Å². The van der Waals surface area contributed by atoms with Gasteiger partial charge in [0.05, 0.1) is 7.11 Å². The Hall–Kier alpha value is -2.69. The van der Waals surface area contributed by atoms with Gasteiger partial charge in [0.25, 0.3) is 0 Å². The van der Waals surface area contributed by atoms with Crippen LogP contribution < -0.4 is 4.74 Å². The van der Waals surface area contributed by atoms with Crippen molar-refractivity contribution in [2.75, 3.05) is 26.7 Å². The van der Waals surface area contributed by atoms with E-state index in [1.54, 1.807) is 13.2 Å². The van der Waals surface area contributed by atoms with Crippen molar-refractivity contribution in [2.45, 2.75) is 37.4 Å². The van der Waals surface area contributed by atoms with Crippen molar-refractivity contribution in [3.05, 3.63) is 101 Å². The average Bonchev–Trinajstić information content (AvgIpc) is 3.31. The summed E-state index contributed by atoms with van der Waals surface area (Å²) in [5, 5.41) is 0. The molecule has 5 rings (SSSR count). The van der Waals surface area contributed by atoms with Crippen molar-refractivity contribution in [2.24, 2.45) is 0 Å². The molecule has 4 heteroatoms. The van der Waals surface area contributed by atoms with Gasteiger partial charge in [0.1, 0.15) is 11.6 Å². The number of hydrogen-bond acceptors (Lipinski definition) is 3. The number of fused-ring (bicyclic) bond motifs is 1. The molecule has 2 aliphatic heterocycles. The molecule has 3 aromatic rings. The molecule has 2 fully saturated rings. The van der Waals surface area contributed by atoms with E-state index in [-0.39, 0.29) is 11.7 Å². The van der Waals surface area contributed by atoms with E-state index in [4.69, 9.17) is 4.74 Å². The molecule has 2 heterocycles. The summed E-state index contributed by atoms with van der Waals surface area (Å²) >= 11 is 0. The summed E-state index contributed by atoms with van der Waals surface area (Å²) in [7, 11) is 1.62. The number of methoxy groups -OCH3 is 1. The first-order valence-corrected chi connectivity index (χ1v) is 11.6. The summed E-state index contributed by atoms with van der Waals surface area (Å²) in [6, 6.07) is 27.7. The molecule has 32 heavy (non-hydrogen) atoms. The van der Waals surface area contributed by atoms with Crippen molar-refractivity contribution in [1.29, 1.82) is 0 Å². The Balaban J connectivity index is 1.50. The highest BCUT2D eigenvalue weighted by molar-refractivity contribution is 5.36. The normalized spacial score (nSPS) is 21.6. The summed E-state index contributed by atoms with van der Waals surface area (Å²) in [6.07, 6.45) is 2.44. The van der Waals surface area contributed by atoms with E-state index in [0.717, 1.165) is 19.6 Å². The highest BCUT2D eigenvalue weighted by atomic mass is 19.1. The molecule has 0 aromatic heterocycles. The first-order chi connectivity index (χ1) is 15.7. The highest BCUT2D eigenvalue weighted by Gasteiger charge is 2.42. The summed E-state index contributed by atoms with van der Waals surface area (Å²) in [4.78, 5) is 5.16. The van der Waals surface area contributed by atoms with Gasteiger partial charge in [-0.15, -0.1) is 0 Å². The Labute approximate surface area is 190 Å². The summed E-state index contributed by atoms with van der Waals surface area (Å²) in [6.45, 7) is 3.60. The van der Waals surface area contributed by atoms with E-state index in [1.165, 1.54) is 30.0 Å². The number of piperazine rings is 1. The van der Waals surface area contributed by atoms with Gasteiger partial charge in [-0.3, -0.25) is 9.80 Å². The Kier molecular flexibility index (Phi) is 6.24. The third-order valence-electron chi connectivity index (χ3n) is 7.14. The fourth-order valence-electron chi connectivity index (χ4n) is 5.72. The SMILES string of the molecule is COc1cccc(F)c1CN1CC2CCCN2C(C(c2ccccc2)c2ccccc2)C1. The predicted molar refractivity (Wildman–Crippen MR) is 126 cm³/mol. The monoisotopic (exact) mass is 430 g/mol. The number of halogens is 1. The van der Waals surface area contributed by atoms with Gasteiger partial charge in [-0.2, -0.15) is 0 Å². The maximum atomic E-state index is 14.7. The zero-order valence-electron chi connectivity index (χ0n) is 18.7. The van der Waals surface area contributed by atoms with Crippen LogP contribution in [0.4, 0.5) is 4.39 Å². The minimum atomic E-state index is -0.183. The van der Waals surface area contributed by atoms with Crippen LogP contribution in [0.1, 0.15) is 35.4 Å². The van der Waals surface area contributed by atoms with E-state index >= 15 is 0 Å². The van der Waals surface area contributed by atoms with Crippen molar-refractivity contribution in [3.8, 4) is 5.75 Å². The van der Waals surface area contributed by atoms with E-state index in [1.807, 2.05) is 6.07 Å². The largest absolute Gasteiger partial charge is 0.496 e. The van der Waals surface area contributed by atoms with Crippen molar-refractivity contribution >= 4 is 0 Å². The highest BCUT2D eigenvalue weighted by Crippen LogP contribution is 2.38. The molecular formula is C28H31FN2O. The zero-order valence-corrected chi connectivity index (χ0v) is 18.7. The molecule has 0 N–H and O–H groups in total. The number of ether oxygens (including phenoxy) is 1. The van der Waals surface area contributed by atoms with Gasteiger partial charge >= 0.3 is 0 Å². The molecule has 0 bridgehead atoms. The number of benzene rings is 3. The molecule has 0 amide bonds. The molecule has 0 saturated carbocycles. The van der Waals surface area contributed by atoms with Crippen LogP contribution in [0.2, 0.25) is 0 Å². The van der Waals surface area contributed by atoms with E-state index in [9.17, 15) is 4.39 Å². The molecule has 0 aliphatic carbocycles. The van der Waals surface area contributed by atoms with Crippen LogP contribution >= 0.6 is 0 Å². The lowest BCUT2D eigenvalue weighted by molar-refractivity contribution is 0.0375. The molecule has 2 aliphatic rings. The summed E-state index contributed by atoms with van der Waals surface area (Å²) in [5.74, 6) is 0.735. The quantitative estimate of drug-likeness (QED) is 0.527. The first kappa shape index (κ1) is 21.2. The molecule has 0 spiro atoms. The Morgan fingerprint density at radius 1 is 0.906 bits per heavy atom. The second-order valence-corrected chi connectivity index (χ2v) is 9.01. The maximum absolute atomic E-state index is 14.7. The van der Waals surface area contributed by atoms with E-state index < -0.39 is 0 Å². The molecule has 3 aromatic carbocycles. The standard InChI is InChI=1S/C28H31FN2O/c1-32-27-16-8-15-25(29)24(27)19-30-18-23-14-9-17-31(23)26(20-30)28(21-10-4-2-5-11-21)22-12-6-3-7-13-22/h2-8,10-13,15-16,23,26,28H,9,14,17-20H2,1H3. The van der Waals surface area contributed by atoms with Crippen LogP contribution in [0, 0.1) is 5.82 Å². The Morgan fingerprint density at radius 3 is 2.25 bits per heavy atom. The Bertz CT molecular complexity index is 987. The lowest BCUT2D eigenvalue weighted by atomic mass is 9.82. The average molecular weight is 431 g/mol. The van der Waals surface area contributed by atoms with Gasteiger partial charge in [-0.25, -0.2) is 4.39 Å². The number of rotatable bonds is 6. The zero-order chi connectivity index (χ0) is 21.9. The van der Waals surface area contributed by atoms with Gasteiger partial charge in [-0.1, -0.05) is 66.7 Å². The van der Waals surface area contributed by atoms with Gasteiger partial charge in [0, 0.05) is 43.2 Å². The van der Waals surface area contributed by atoms with Crippen molar-refractivity contribution in [3.63, 3.8) is 0 Å². The van der Waals surface area contributed by atoms with Crippen molar-refractivity contribution < 1.29 is 9.13 Å². The van der Waals surface area contributed by atoms with Crippen LogP contribution in [0.5, 0.6) is 5.75 Å². The topological polar surface area (TPSA) is 15.7 Å². The molecule has 3 nitrogen and oxygen atoms in total. The van der Waals surface area contributed by atoms with Crippen LogP contribution in [0.15, 0.2) is 78.9 Å². The Morgan fingerprint density at radius 2 is 1.59 bits per heavy atom. The van der Waals surface area contributed by atoms with Gasteiger partial charge in [-0.05, 0) is 42.6 Å². The van der Waals surface area contributed by atoms with Gasteiger partial charge in [0.2, 0.25) is 0 Å². The second-order valence-electron chi connectivity index (χ2n) is 9.01. The molecule has 0 radical (unpaired) electrons. The first-order valence-electron chi connectivity index (χ1n) is 11.6. The molecular weight excluding hydrogens is 399 g/mol. The molecule has 2 unspecified atom stereocenters. The lowest BCUT2D eigenvalue weighted by Crippen LogP contribution is -2.57. The smallest absolute Gasteiger partial charge is 0.131 e. The second kappa shape index (κ2) is 9.43.